The van der Waals surface area contributed by atoms with Gasteiger partial charge in [-0.2, -0.15) is 8.78 Å². The maximum absolute atomic E-state index is 12.5. The first-order valence-electron chi connectivity index (χ1n) is 8.11. The van der Waals surface area contributed by atoms with E-state index < -0.39 is 6.61 Å². The number of nitrogens with one attached hydrogen (secondary N) is 2. The van der Waals surface area contributed by atoms with Gasteiger partial charge in [-0.3, -0.25) is 4.99 Å². The van der Waals surface area contributed by atoms with Crippen molar-refractivity contribution in [3.05, 3.63) is 65.2 Å². The second kappa shape index (κ2) is 9.61. The Morgan fingerprint density at radius 3 is 2.56 bits per heavy atom. The van der Waals surface area contributed by atoms with Crippen LogP contribution in [0.15, 0.2) is 53.5 Å². The standard InChI is InChI=1S/C19H23F2N3O/c1-14-8-9-17(25-18(20)21)16(12-14)13-24-19(22-2)23-11-10-15-6-4-3-5-7-15/h3-9,12,18H,10-11,13H2,1-2H3,(H2,22,23,24). The van der Waals surface area contributed by atoms with Crippen molar-refractivity contribution >= 4 is 5.96 Å². The smallest absolute Gasteiger partial charge is 0.387 e. The quantitative estimate of drug-likeness (QED) is 0.595. The van der Waals surface area contributed by atoms with Gasteiger partial charge in [-0.05, 0) is 25.0 Å². The van der Waals surface area contributed by atoms with Crippen LogP contribution in [0, 0.1) is 6.92 Å². The normalized spacial score (nSPS) is 11.5. The molecule has 0 atom stereocenters. The van der Waals surface area contributed by atoms with Crippen LogP contribution in [0.5, 0.6) is 5.75 Å². The summed E-state index contributed by atoms with van der Waals surface area (Å²) in [7, 11) is 1.67. The number of alkyl halides is 2. The van der Waals surface area contributed by atoms with Crippen LogP contribution in [0.25, 0.3) is 0 Å². The molecule has 134 valence electrons. The topological polar surface area (TPSA) is 45.7 Å². The number of aliphatic imine (C=N–C) groups is 1. The average Bonchev–Trinajstić information content (AvgIpc) is 2.60. The molecule has 0 radical (unpaired) electrons. The fourth-order valence-corrected chi connectivity index (χ4v) is 2.43. The molecule has 0 heterocycles. The average molecular weight is 347 g/mol. The molecule has 0 bridgehead atoms. The number of guanidine groups is 1. The van der Waals surface area contributed by atoms with Crippen molar-refractivity contribution in [2.24, 2.45) is 4.99 Å². The summed E-state index contributed by atoms with van der Waals surface area (Å²) in [5.74, 6) is 0.785. The van der Waals surface area contributed by atoms with Crippen LogP contribution < -0.4 is 15.4 Å². The van der Waals surface area contributed by atoms with E-state index in [-0.39, 0.29) is 5.75 Å². The Kier molecular flexibility index (Phi) is 7.19. The molecule has 0 spiro atoms. The Bertz CT molecular complexity index is 690. The Labute approximate surface area is 146 Å². The van der Waals surface area contributed by atoms with Gasteiger partial charge in [-0.25, -0.2) is 0 Å². The number of hydrogen-bond donors (Lipinski definition) is 2. The molecule has 0 aliphatic rings. The predicted molar refractivity (Wildman–Crippen MR) is 96.2 cm³/mol. The van der Waals surface area contributed by atoms with Crippen LogP contribution >= 0.6 is 0 Å². The highest BCUT2D eigenvalue weighted by Gasteiger charge is 2.10. The first kappa shape index (κ1) is 18.7. The number of nitrogens with zero attached hydrogens (tertiary/aromatic N) is 1. The number of aryl methyl sites for hydroxylation is 1. The second-order valence-electron chi connectivity index (χ2n) is 5.58. The summed E-state index contributed by atoms with van der Waals surface area (Å²) >= 11 is 0. The lowest BCUT2D eigenvalue weighted by molar-refractivity contribution is -0.0504. The number of benzene rings is 2. The van der Waals surface area contributed by atoms with Gasteiger partial charge in [0.1, 0.15) is 5.75 Å². The van der Waals surface area contributed by atoms with Crippen LogP contribution in [0.2, 0.25) is 0 Å². The predicted octanol–water partition coefficient (Wildman–Crippen LogP) is 3.50. The highest BCUT2D eigenvalue weighted by molar-refractivity contribution is 5.79. The molecule has 0 aliphatic carbocycles. The third kappa shape index (κ3) is 6.41. The zero-order valence-electron chi connectivity index (χ0n) is 14.4. The molecule has 0 aromatic heterocycles. The van der Waals surface area contributed by atoms with Crippen molar-refractivity contribution < 1.29 is 13.5 Å². The van der Waals surface area contributed by atoms with E-state index in [1.807, 2.05) is 31.2 Å². The van der Waals surface area contributed by atoms with Gasteiger partial charge < -0.3 is 15.4 Å². The lowest BCUT2D eigenvalue weighted by Crippen LogP contribution is -2.38. The van der Waals surface area contributed by atoms with Crippen LogP contribution in [0.4, 0.5) is 8.78 Å². The number of halogens is 2. The maximum Gasteiger partial charge on any atom is 0.387 e. The molecule has 25 heavy (non-hydrogen) atoms. The third-order valence-electron chi connectivity index (χ3n) is 3.65. The van der Waals surface area contributed by atoms with E-state index in [0.29, 0.717) is 18.1 Å². The van der Waals surface area contributed by atoms with Gasteiger partial charge >= 0.3 is 6.61 Å². The van der Waals surface area contributed by atoms with Gasteiger partial charge in [0.2, 0.25) is 0 Å². The summed E-state index contributed by atoms with van der Waals surface area (Å²) < 4.78 is 29.6. The number of ether oxygens (including phenoxy) is 1. The molecule has 2 N–H and O–H groups in total. The largest absolute Gasteiger partial charge is 0.434 e. The van der Waals surface area contributed by atoms with Crippen LogP contribution in [-0.4, -0.2) is 26.2 Å². The molecule has 0 saturated carbocycles. The number of hydrogen-bond acceptors (Lipinski definition) is 2. The number of rotatable bonds is 7. The summed E-state index contributed by atoms with van der Waals surface area (Å²) in [5.41, 5.74) is 2.87. The summed E-state index contributed by atoms with van der Waals surface area (Å²) in [4.78, 5) is 4.15. The summed E-state index contributed by atoms with van der Waals surface area (Å²) in [5, 5.41) is 6.34. The molecule has 0 unspecified atom stereocenters. The van der Waals surface area contributed by atoms with Gasteiger partial charge in [-0.1, -0.05) is 48.0 Å². The highest BCUT2D eigenvalue weighted by atomic mass is 19.3. The fraction of sp³-hybridized carbons (Fsp3) is 0.316. The minimum absolute atomic E-state index is 0.174. The molecular weight excluding hydrogens is 324 g/mol. The van der Waals surface area contributed by atoms with Crippen LogP contribution in [-0.2, 0) is 13.0 Å². The van der Waals surface area contributed by atoms with E-state index >= 15 is 0 Å². The lowest BCUT2D eigenvalue weighted by atomic mass is 10.1. The van der Waals surface area contributed by atoms with Gasteiger partial charge in [-0.15, -0.1) is 0 Å². The minimum atomic E-state index is -2.84. The van der Waals surface area contributed by atoms with Crippen molar-refractivity contribution in [3.63, 3.8) is 0 Å². The Hall–Kier alpha value is -2.63. The van der Waals surface area contributed by atoms with Crippen molar-refractivity contribution in [1.82, 2.24) is 10.6 Å². The Morgan fingerprint density at radius 1 is 1.12 bits per heavy atom. The van der Waals surface area contributed by atoms with Gasteiger partial charge in [0.25, 0.3) is 0 Å². The minimum Gasteiger partial charge on any atom is -0.434 e. The summed E-state index contributed by atoms with van der Waals surface area (Å²) in [6, 6.07) is 15.3. The van der Waals surface area contributed by atoms with E-state index in [1.165, 1.54) is 5.56 Å². The van der Waals surface area contributed by atoms with Crippen molar-refractivity contribution in [1.29, 1.82) is 0 Å². The molecule has 0 aliphatic heterocycles. The van der Waals surface area contributed by atoms with Crippen LogP contribution in [0.1, 0.15) is 16.7 Å². The van der Waals surface area contributed by atoms with E-state index in [2.05, 4.69) is 32.5 Å². The molecule has 6 heteroatoms. The van der Waals surface area contributed by atoms with Gasteiger partial charge in [0, 0.05) is 25.7 Å². The highest BCUT2D eigenvalue weighted by Crippen LogP contribution is 2.21. The van der Waals surface area contributed by atoms with E-state index in [1.54, 1.807) is 19.2 Å². The van der Waals surface area contributed by atoms with E-state index in [9.17, 15) is 8.78 Å². The first-order valence-corrected chi connectivity index (χ1v) is 8.11. The Balaban J connectivity index is 1.89. The lowest BCUT2D eigenvalue weighted by Gasteiger charge is -2.15. The van der Waals surface area contributed by atoms with Crippen LogP contribution in [0.3, 0.4) is 0 Å². The first-order chi connectivity index (χ1) is 12.1. The van der Waals surface area contributed by atoms with Crippen molar-refractivity contribution in [2.75, 3.05) is 13.6 Å². The van der Waals surface area contributed by atoms with Crippen molar-refractivity contribution in [3.8, 4) is 5.75 Å². The zero-order chi connectivity index (χ0) is 18.1. The van der Waals surface area contributed by atoms with Gasteiger partial charge in [0.05, 0.1) is 0 Å². The molecule has 0 saturated heterocycles. The molecule has 0 fully saturated rings. The summed E-state index contributed by atoms with van der Waals surface area (Å²) in [6.07, 6.45) is 0.867. The molecule has 2 aromatic rings. The van der Waals surface area contributed by atoms with E-state index in [4.69, 9.17) is 0 Å². The molecule has 4 nitrogen and oxygen atoms in total. The monoisotopic (exact) mass is 347 g/mol. The summed E-state index contributed by atoms with van der Waals surface area (Å²) in [6.45, 7) is 0.125. The zero-order valence-corrected chi connectivity index (χ0v) is 14.4. The Morgan fingerprint density at radius 2 is 1.88 bits per heavy atom. The van der Waals surface area contributed by atoms with E-state index in [0.717, 1.165) is 18.5 Å². The molecule has 0 amide bonds. The SMILES string of the molecule is CN=C(NCCc1ccccc1)NCc1cc(C)ccc1OC(F)F. The van der Waals surface area contributed by atoms with Gasteiger partial charge in [0.15, 0.2) is 5.96 Å². The fourth-order valence-electron chi connectivity index (χ4n) is 2.43. The van der Waals surface area contributed by atoms with Crippen molar-refractivity contribution in [2.45, 2.75) is 26.5 Å². The third-order valence-corrected chi connectivity index (χ3v) is 3.65. The second-order valence-corrected chi connectivity index (χ2v) is 5.58. The molecular formula is C19H23F2N3O. The molecule has 2 aromatic carbocycles. The maximum atomic E-state index is 12.5. The molecule has 2 rings (SSSR count).